The summed E-state index contributed by atoms with van der Waals surface area (Å²) in [5, 5.41) is 8.38. The van der Waals surface area contributed by atoms with Gasteiger partial charge in [0.05, 0.1) is 6.20 Å². The van der Waals surface area contributed by atoms with Gasteiger partial charge < -0.3 is 5.32 Å². The minimum Gasteiger partial charge on any atom is -0.316 e. The van der Waals surface area contributed by atoms with Gasteiger partial charge in [-0.3, -0.25) is 4.68 Å². The molecular formula is C15H20ClN3S. The van der Waals surface area contributed by atoms with E-state index in [1.807, 2.05) is 48.9 Å². The molecule has 1 aromatic carbocycles. The summed E-state index contributed by atoms with van der Waals surface area (Å²) in [6, 6.07) is 8.51. The number of rotatable bonds is 7. The average molecular weight is 310 g/mol. The smallest absolute Gasteiger partial charge is 0.0521 e. The molecule has 0 aliphatic heterocycles. The number of halogens is 1. The Labute approximate surface area is 129 Å². The molecule has 0 bridgehead atoms. The first-order chi connectivity index (χ1) is 9.67. The minimum atomic E-state index is 0.496. The maximum Gasteiger partial charge on any atom is 0.0521 e. The number of nitrogens with one attached hydrogen (secondary N) is 1. The minimum absolute atomic E-state index is 0.496. The molecule has 1 heterocycles. The van der Waals surface area contributed by atoms with Crippen LogP contribution in [-0.4, -0.2) is 28.6 Å². The highest BCUT2D eigenvalue weighted by atomic mass is 35.5. The Morgan fingerprint density at radius 3 is 2.70 bits per heavy atom. The Bertz CT molecular complexity index is 524. The third-order valence-electron chi connectivity index (χ3n) is 3.21. The molecule has 0 spiro atoms. The Kier molecular flexibility index (Phi) is 5.95. The van der Waals surface area contributed by atoms with Crippen LogP contribution in [0.5, 0.6) is 0 Å². The van der Waals surface area contributed by atoms with Crippen LogP contribution in [0.1, 0.15) is 12.0 Å². The van der Waals surface area contributed by atoms with Crippen molar-refractivity contribution in [2.24, 2.45) is 7.05 Å². The molecule has 0 aliphatic rings. The van der Waals surface area contributed by atoms with Gasteiger partial charge in [0, 0.05) is 35.0 Å². The third kappa shape index (κ3) is 4.85. The summed E-state index contributed by atoms with van der Waals surface area (Å²) >= 11 is 7.75. The molecular weight excluding hydrogens is 290 g/mol. The monoisotopic (exact) mass is 309 g/mol. The van der Waals surface area contributed by atoms with Gasteiger partial charge in [-0.2, -0.15) is 5.10 Å². The lowest BCUT2D eigenvalue weighted by molar-refractivity contribution is 0.572. The lowest BCUT2D eigenvalue weighted by atomic mass is 10.1. The highest BCUT2D eigenvalue weighted by molar-refractivity contribution is 7.99. The van der Waals surface area contributed by atoms with E-state index < -0.39 is 0 Å². The second-order valence-corrected chi connectivity index (χ2v) is 6.34. The van der Waals surface area contributed by atoms with Gasteiger partial charge in [0.25, 0.3) is 0 Å². The van der Waals surface area contributed by atoms with E-state index in [9.17, 15) is 0 Å². The van der Waals surface area contributed by atoms with Crippen LogP contribution in [0.25, 0.3) is 0 Å². The predicted octanol–water partition coefficient (Wildman–Crippen LogP) is 3.39. The van der Waals surface area contributed by atoms with Crippen LogP contribution < -0.4 is 5.32 Å². The molecule has 1 N–H and O–H groups in total. The van der Waals surface area contributed by atoms with Crippen molar-refractivity contribution in [3.05, 3.63) is 47.2 Å². The van der Waals surface area contributed by atoms with Gasteiger partial charge in [0.2, 0.25) is 0 Å². The number of hydrogen-bond acceptors (Lipinski definition) is 3. The lowest BCUT2D eigenvalue weighted by Crippen LogP contribution is -2.28. The Hall–Kier alpha value is -0.970. The van der Waals surface area contributed by atoms with Gasteiger partial charge in [0.1, 0.15) is 0 Å². The van der Waals surface area contributed by atoms with E-state index in [2.05, 4.69) is 28.7 Å². The Morgan fingerprint density at radius 2 is 2.10 bits per heavy atom. The van der Waals surface area contributed by atoms with Crippen molar-refractivity contribution in [1.82, 2.24) is 15.1 Å². The van der Waals surface area contributed by atoms with E-state index in [0.29, 0.717) is 6.04 Å². The van der Waals surface area contributed by atoms with E-state index in [0.717, 1.165) is 23.6 Å². The van der Waals surface area contributed by atoms with Crippen molar-refractivity contribution in [2.75, 3.05) is 12.8 Å². The molecule has 0 aliphatic carbocycles. The summed E-state index contributed by atoms with van der Waals surface area (Å²) in [6.45, 7) is 0. The fraction of sp³-hybridized carbons (Fsp3) is 0.400. The zero-order chi connectivity index (χ0) is 14.4. The highest BCUT2D eigenvalue weighted by Crippen LogP contribution is 2.22. The first kappa shape index (κ1) is 15.4. The molecule has 5 heteroatoms. The number of aryl methyl sites for hydroxylation is 2. The molecule has 1 atom stereocenters. The van der Waals surface area contributed by atoms with Gasteiger partial charge in [-0.15, -0.1) is 11.8 Å². The molecule has 2 aromatic rings. The van der Waals surface area contributed by atoms with Gasteiger partial charge in [-0.25, -0.2) is 0 Å². The van der Waals surface area contributed by atoms with Crippen LogP contribution in [0.2, 0.25) is 5.02 Å². The summed E-state index contributed by atoms with van der Waals surface area (Å²) in [5.41, 5.74) is 1.30. The largest absolute Gasteiger partial charge is 0.316 e. The molecule has 2 rings (SSSR count). The quantitative estimate of drug-likeness (QED) is 0.795. The Balaban J connectivity index is 1.78. The van der Waals surface area contributed by atoms with E-state index in [1.165, 1.54) is 10.5 Å². The summed E-state index contributed by atoms with van der Waals surface area (Å²) in [4.78, 5) is 1.26. The predicted molar refractivity (Wildman–Crippen MR) is 86.6 cm³/mol. The van der Waals surface area contributed by atoms with E-state index >= 15 is 0 Å². The van der Waals surface area contributed by atoms with Gasteiger partial charge >= 0.3 is 0 Å². The Morgan fingerprint density at radius 1 is 1.35 bits per heavy atom. The molecule has 1 unspecified atom stereocenters. The number of nitrogens with zero attached hydrogens (tertiary/aromatic N) is 2. The molecule has 0 saturated heterocycles. The van der Waals surface area contributed by atoms with Crippen molar-refractivity contribution in [2.45, 2.75) is 23.8 Å². The maximum atomic E-state index is 5.89. The molecule has 0 amide bonds. The third-order valence-corrected chi connectivity index (χ3v) is 4.64. The number of aromatic nitrogens is 2. The molecule has 3 nitrogen and oxygen atoms in total. The first-order valence-electron chi connectivity index (χ1n) is 6.70. The molecule has 108 valence electrons. The summed E-state index contributed by atoms with van der Waals surface area (Å²) in [7, 11) is 3.98. The van der Waals surface area contributed by atoms with Crippen LogP contribution >= 0.6 is 23.4 Å². The molecule has 0 radical (unpaired) electrons. The lowest BCUT2D eigenvalue weighted by Gasteiger charge is -2.15. The normalized spacial score (nSPS) is 12.6. The van der Waals surface area contributed by atoms with Gasteiger partial charge in [-0.05, 0) is 49.7 Å². The fourth-order valence-electron chi connectivity index (χ4n) is 1.98. The van der Waals surface area contributed by atoms with Crippen molar-refractivity contribution >= 4 is 23.4 Å². The molecule has 1 aromatic heterocycles. The number of thioether (sulfide) groups is 1. The highest BCUT2D eigenvalue weighted by Gasteiger charge is 2.08. The van der Waals surface area contributed by atoms with Crippen LogP contribution in [0.4, 0.5) is 0 Å². The van der Waals surface area contributed by atoms with Crippen molar-refractivity contribution in [1.29, 1.82) is 0 Å². The zero-order valence-electron chi connectivity index (χ0n) is 11.8. The van der Waals surface area contributed by atoms with Crippen molar-refractivity contribution in [3.8, 4) is 0 Å². The van der Waals surface area contributed by atoms with Crippen LogP contribution in [0.3, 0.4) is 0 Å². The van der Waals surface area contributed by atoms with E-state index in [4.69, 9.17) is 11.6 Å². The summed E-state index contributed by atoms with van der Waals surface area (Å²) < 4.78 is 1.85. The molecule has 20 heavy (non-hydrogen) atoms. The van der Waals surface area contributed by atoms with E-state index in [-0.39, 0.29) is 0 Å². The van der Waals surface area contributed by atoms with Crippen LogP contribution in [0.15, 0.2) is 41.6 Å². The summed E-state index contributed by atoms with van der Waals surface area (Å²) in [6.07, 6.45) is 6.20. The van der Waals surface area contributed by atoms with Gasteiger partial charge in [0.15, 0.2) is 0 Å². The average Bonchev–Trinajstić information content (AvgIpc) is 2.87. The number of hydrogen-bond donors (Lipinski definition) is 1. The van der Waals surface area contributed by atoms with Gasteiger partial charge in [-0.1, -0.05) is 11.6 Å². The zero-order valence-corrected chi connectivity index (χ0v) is 13.4. The second-order valence-electron chi connectivity index (χ2n) is 4.81. The van der Waals surface area contributed by atoms with Crippen LogP contribution in [0, 0.1) is 0 Å². The standard InChI is InChI=1S/C15H20ClN3S/c1-17-14(6-3-12-9-18-19(2)10-12)11-20-15-7-4-13(16)5-8-15/h4-5,7-10,14,17H,3,6,11H2,1-2H3. The summed E-state index contributed by atoms with van der Waals surface area (Å²) in [5.74, 6) is 1.05. The first-order valence-corrected chi connectivity index (χ1v) is 8.07. The SMILES string of the molecule is CNC(CCc1cnn(C)c1)CSc1ccc(Cl)cc1. The van der Waals surface area contributed by atoms with E-state index in [1.54, 1.807) is 0 Å². The maximum absolute atomic E-state index is 5.89. The topological polar surface area (TPSA) is 29.9 Å². The van der Waals surface area contributed by atoms with Crippen molar-refractivity contribution in [3.63, 3.8) is 0 Å². The fourth-order valence-corrected chi connectivity index (χ4v) is 3.16. The second kappa shape index (κ2) is 7.72. The molecule has 0 fully saturated rings. The number of benzene rings is 1. The van der Waals surface area contributed by atoms with Crippen LogP contribution in [-0.2, 0) is 13.5 Å². The molecule has 0 saturated carbocycles. The van der Waals surface area contributed by atoms with Crippen molar-refractivity contribution < 1.29 is 0 Å².